The van der Waals surface area contributed by atoms with E-state index in [9.17, 15) is 4.79 Å². The number of esters is 1. The summed E-state index contributed by atoms with van der Waals surface area (Å²) in [4.78, 5) is 17.0. The van der Waals surface area contributed by atoms with Gasteiger partial charge >= 0.3 is 5.97 Å². The van der Waals surface area contributed by atoms with Gasteiger partial charge in [-0.1, -0.05) is 60.1 Å². The van der Waals surface area contributed by atoms with Crippen molar-refractivity contribution < 1.29 is 19.0 Å². The number of ether oxygens (including phenoxy) is 3. The molecule has 35 heavy (non-hydrogen) atoms. The zero-order valence-corrected chi connectivity index (χ0v) is 19.8. The summed E-state index contributed by atoms with van der Waals surface area (Å²) in [6, 6.07) is 26.8. The van der Waals surface area contributed by atoms with Crippen LogP contribution < -0.4 is 9.47 Å². The Bertz CT molecular complexity index is 1460. The van der Waals surface area contributed by atoms with Gasteiger partial charge in [-0.3, -0.25) is 0 Å². The van der Waals surface area contributed by atoms with Crippen LogP contribution in [0, 0.1) is 0 Å². The Morgan fingerprint density at radius 2 is 1.69 bits per heavy atom. The van der Waals surface area contributed by atoms with Gasteiger partial charge in [-0.05, 0) is 71.3 Å². The van der Waals surface area contributed by atoms with Crippen LogP contribution in [-0.2, 0) is 16.1 Å². The predicted molar refractivity (Wildman–Crippen MR) is 138 cm³/mol. The fourth-order valence-electron chi connectivity index (χ4n) is 3.76. The van der Waals surface area contributed by atoms with Gasteiger partial charge in [-0.25, -0.2) is 9.79 Å². The molecule has 0 amide bonds. The molecule has 0 atom stereocenters. The molecule has 5 nitrogen and oxygen atoms in total. The van der Waals surface area contributed by atoms with E-state index in [1.807, 2.05) is 91.9 Å². The van der Waals surface area contributed by atoms with Gasteiger partial charge in [-0.15, -0.1) is 0 Å². The van der Waals surface area contributed by atoms with Crippen LogP contribution >= 0.6 is 11.6 Å². The highest BCUT2D eigenvalue weighted by atomic mass is 35.5. The number of nitrogens with zero attached hydrogens (tertiary/aromatic N) is 1. The summed E-state index contributed by atoms with van der Waals surface area (Å²) in [6.07, 6.45) is 1.68. The van der Waals surface area contributed by atoms with Crippen molar-refractivity contribution in [3.05, 3.63) is 112 Å². The van der Waals surface area contributed by atoms with Crippen molar-refractivity contribution in [1.82, 2.24) is 0 Å². The summed E-state index contributed by atoms with van der Waals surface area (Å²) in [7, 11) is 0. The summed E-state index contributed by atoms with van der Waals surface area (Å²) < 4.78 is 17.2. The number of hydrogen-bond donors (Lipinski definition) is 0. The summed E-state index contributed by atoms with van der Waals surface area (Å²) in [6.45, 7) is 2.76. The topological polar surface area (TPSA) is 57.1 Å². The minimum absolute atomic E-state index is 0.227. The molecule has 0 spiro atoms. The lowest BCUT2D eigenvalue weighted by molar-refractivity contribution is -0.129. The third-order valence-electron chi connectivity index (χ3n) is 5.50. The first-order valence-electron chi connectivity index (χ1n) is 11.2. The number of fused-ring (bicyclic) bond motifs is 1. The van der Waals surface area contributed by atoms with Gasteiger partial charge in [0, 0.05) is 10.6 Å². The third-order valence-corrected chi connectivity index (χ3v) is 5.75. The number of carbonyl (C=O) groups is 1. The molecule has 4 aromatic carbocycles. The number of rotatable bonds is 7. The molecule has 0 unspecified atom stereocenters. The first-order chi connectivity index (χ1) is 17.1. The van der Waals surface area contributed by atoms with Gasteiger partial charge < -0.3 is 14.2 Å². The number of hydrogen-bond acceptors (Lipinski definition) is 5. The van der Waals surface area contributed by atoms with Crippen LogP contribution in [0.4, 0.5) is 0 Å². The normalized spacial score (nSPS) is 14.2. The monoisotopic (exact) mass is 483 g/mol. The second kappa shape index (κ2) is 10.0. The van der Waals surface area contributed by atoms with Crippen LogP contribution in [0.2, 0.25) is 5.02 Å². The van der Waals surface area contributed by atoms with Crippen molar-refractivity contribution in [2.45, 2.75) is 13.5 Å². The molecule has 0 bridgehead atoms. The van der Waals surface area contributed by atoms with Gasteiger partial charge in [0.2, 0.25) is 5.90 Å². The second-order valence-corrected chi connectivity index (χ2v) is 8.39. The number of aliphatic imine (C=N–C) groups is 1. The SMILES string of the molecule is CCOc1cc(/C=C2\N=C(c3ccc4ccccc4c3)OC2=O)ccc1OCc1ccc(Cl)cc1. The highest BCUT2D eigenvalue weighted by Gasteiger charge is 2.24. The fraction of sp³-hybridized carbons (Fsp3) is 0.103. The highest BCUT2D eigenvalue weighted by molar-refractivity contribution is 6.30. The lowest BCUT2D eigenvalue weighted by Gasteiger charge is -2.13. The second-order valence-electron chi connectivity index (χ2n) is 7.95. The van der Waals surface area contributed by atoms with Crippen molar-refractivity contribution >= 4 is 40.3 Å². The molecule has 1 aliphatic rings. The van der Waals surface area contributed by atoms with E-state index in [4.69, 9.17) is 25.8 Å². The third kappa shape index (κ3) is 5.20. The summed E-state index contributed by atoms with van der Waals surface area (Å²) in [5.41, 5.74) is 2.72. The van der Waals surface area contributed by atoms with Gasteiger partial charge in [-0.2, -0.15) is 0 Å². The lowest BCUT2D eigenvalue weighted by Crippen LogP contribution is -2.05. The van der Waals surface area contributed by atoms with Crippen LogP contribution in [-0.4, -0.2) is 18.5 Å². The summed E-state index contributed by atoms with van der Waals surface area (Å²) >= 11 is 5.95. The first kappa shape index (κ1) is 22.7. The summed E-state index contributed by atoms with van der Waals surface area (Å²) in [5.74, 6) is 0.994. The zero-order valence-electron chi connectivity index (χ0n) is 19.0. The van der Waals surface area contributed by atoms with Gasteiger partial charge in [0.1, 0.15) is 6.61 Å². The highest BCUT2D eigenvalue weighted by Crippen LogP contribution is 2.31. The minimum atomic E-state index is -0.491. The van der Waals surface area contributed by atoms with E-state index < -0.39 is 5.97 Å². The van der Waals surface area contributed by atoms with E-state index >= 15 is 0 Å². The number of cyclic esters (lactones) is 1. The van der Waals surface area contributed by atoms with Crippen LogP contribution in [0.3, 0.4) is 0 Å². The van der Waals surface area contributed by atoms with Crippen molar-refractivity contribution in [2.75, 3.05) is 6.61 Å². The summed E-state index contributed by atoms with van der Waals surface area (Å²) in [5, 5.41) is 2.84. The Labute approximate surface area is 208 Å². The molecular formula is C29H22ClNO4. The van der Waals surface area contributed by atoms with E-state index in [-0.39, 0.29) is 5.70 Å². The number of carbonyl (C=O) groups excluding carboxylic acids is 1. The van der Waals surface area contributed by atoms with Crippen LogP contribution in [0.5, 0.6) is 11.5 Å². The standard InChI is InChI=1S/C29H22ClNO4/c1-2-33-27-16-20(9-14-26(27)34-18-19-7-12-24(30)13-8-19)15-25-29(32)35-28(31-25)23-11-10-21-5-3-4-6-22(21)17-23/h3-17H,2,18H2,1H3/b25-15-. The average Bonchev–Trinajstić information content (AvgIpc) is 3.24. The fourth-order valence-corrected chi connectivity index (χ4v) is 3.88. The van der Waals surface area contributed by atoms with E-state index in [0.717, 1.165) is 27.5 Å². The molecule has 4 aromatic rings. The molecule has 0 N–H and O–H groups in total. The zero-order chi connectivity index (χ0) is 24.2. The Hall–Kier alpha value is -4.09. The van der Waals surface area contributed by atoms with Crippen LogP contribution in [0.1, 0.15) is 23.6 Å². The molecule has 0 radical (unpaired) electrons. The Morgan fingerprint density at radius 1 is 0.886 bits per heavy atom. The molecule has 5 rings (SSSR count). The molecular weight excluding hydrogens is 462 g/mol. The first-order valence-corrected chi connectivity index (χ1v) is 11.6. The molecule has 0 saturated heterocycles. The lowest BCUT2D eigenvalue weighted by atomic mass is 10.1. The maximum atomic E-state index is 12.5. The number of benzene rings is 4. The van der Waals surface area contributed by atoms with Crippen molar-refractivity contribution in [1.29, 1.82) is 0 Å². The Morgan fingerprint density at radius 3 is 2.49 bits per heavy atom. The maximum absolute atomic E-state index is 12.5. The quantitative estimate of drug-likeness (QED) is 0.214. The predicted octanol–water partition coefficient (Wildman–Crippen LogP) is 6.82. The van der Waals surface area contributed by atoms with Gasteiger partial charge in [0.05, 0.1) is 6.61 Å². The van der Waals surface area contributed by atoms with E-state index in [2.05, 4.69) is 4.99 Å². The minimum Gasteiger partial charge on any atom is -0.490 e. The molecule has 0 saturated carbocycles. The van der Waals surface area contributed by atoms with Gasteiger partial charge in [0.15, 0.2) is 17.2 Å². The maximum Gasteiger partial charge on any atom is 0.363 e. The van der Waals surface area contributed by atoms with Crippen LogP contribution in [0.25, 0.3) is 16.8 Å². The smallest absolute Gasteiger partial charge is 0.363 e. The van der Waals surface area contributed by atoms with Crippen molar-refractivity contribution in [2.24, 2.45) is 4.99 Å². The molecule has 0 aromatic heterocycles. The van der Waals surface area contributed by atoms with E-state index in [1.54, 1.807) is 6.08 Å². The Kier molecular flexibility index (Phi) is 6.51. The molecule has 0 aliphatic carbocycles. The molecule has 1 heterocycles. The van der Waals surface area contributed by atoms with Crippen molar-refractivity contribution in [3.63, 3.8) is 0 Å². The number of halogens is 1. The van der Waals surface area contributed by atoms with Gasteiger partial charge in [0.25, 0.3) is 0 Å². The van der Waals surface area contributed by atoms with Crippen LogP contribution in [0.15, 0.2) is 95.6 Å². The van der Waals surface area contributed by atoms with Crippen molar-refractivity contribution in [3.8, 4) is 11.5 Å². The molecule has 174 valence electrons. The molecule has 0 fully saturated rings. The molecule has 1 aliphatic heterocycles. The largest absolute Gasteiger partial charge is 0.490 e. The average molecular weight is 484 g/mol. The van der Waals surface area contributed by atoms with E-state index in [0.29, 0.717) is 35.6 Å². The molecule has 6 heteroatoms. The Balaban J connectivity index is 1.38. The van der Waals surface area contributed by atoms with E-state index in [1.165, 1.54) is 0 Å².